The first-order valence-corrected chi connectivity index (χ1v) is 12.1. The third kappa shape index (κ3) is 4.53. The summed E-state index contributed by atoms with van der Waals surface area (Å²) >= 11 is 1.76. The lowest BCUT2D eigenvalue weighted by atomic mass is 10.0. The summed E-state index contributed by atoms with van der Waals surface area (Å²) in [4.78, 5) is 21.6. The van der Waals surface area contributed by atoms with E-state index in [9.17, 15) is 4.79 Å². The van der Waals surface area contributed by atoms with E-state index in [0.29, 0.717) is 12.6 Å². The van der Waals surface area contributed by atoms with E-state index in [2.05, 4.69) is 86.8 Å². The van der Waals surface area contributed by atoms with Gasteiger partial charge in [-0.2, -0.15) is 0 Å². The zero-order valence-corrected chi connectivity index (χ0v) is 18.6. The van der Waals surface area contributed by atoms with E-state index in [0.717, 1.165) is 39.0 Å². The molecule has 0 spiro atoms. The SMILES string of the molecule is O=C1N(C2CCN(Cc3ccccc3)CC2)CC(c2cccs2)N1Cc1ccccc1. The van der Waals surface area contributed by atoms with Crippen LogP contribution in [0.4, 0.5) is 4.79 Å². The zero-order chi connectivity index (χ0) is 21.0. The minimum Gasteiger partial charge on any atom is -0.319 e. The highest BCUT2D eigenvalue weighted by Crippen LogP contribution is 2.36. The Balaban J connectivity index is 1.27. The first-order valence-electron chi connectivity index (χ1n) is 11.2. The highest BCUT2D eigenvalue weighted by Gasteiger charge is 2.42. The predicted molar refractivity (Wildman–Crippen MR) is 126 cm³/mol. The van der Waals surface area contributed by atoms with Crippen LogP contribution in [0.2, 0.25) is 0 Å². The van der Waals surface area contributed by atoms with Crippen molar-refractivity contribution in [2.24, 2.45) is 0 Å². The number of hydrogen-bond acceptors (Lipinski definition) is 3. The molecule has 1 aromatic heterocycles. The summed E-state index contributed by atoms with van der Waals surface area (Å²) in [6.45, 7) is 4.57. The van der Waals surface area contributed by atoms with Gasteiger partial charge in [-0.25, -0.2) is 4.79 Å². The second-order valence-electron chi connectivity index (χ2n) is 8.57. The molecule has 1 unspecified atom stereocenters. The average molecular weight is 432 g/mol. The maximum absolute atomic E-state index is 13.5. The third-order valence-electron chi connectivity index (χ3n) is 6.55. The molecule has 1 atom stereocenters. The van der Waals surface area contributed by atoms with Crippen LogP contribution in [0.1, 0.15) is 34.9 Å². The molecule has 2 aliphatic rings. The van der Waals surface area contributed by atoms with Gasteiger partial charge in [0.15, 0.2) is 0 Å². The number of carbonyl (C=O) groups is 1. The van der Waals surface area contributed by atoms with Gasteiger partial charge in [0.05, 0.1) is 6.04 Å². The molecular weight excluding hydrogens is 402 g/mol. The van der Waals surface area contributed by atoms with Crippen LogP contribution >= 0.6 is 11.3 Å². The number of amides is 2. The molecule has 0 N–H and O–H groups in total. The molecule has 2 aliphatic heterocycles. The molecule has 0 radical (unpaired) electrons. The second-order valence-corrected chi connectivity index (χ2v) is 9.55. The average Bonchev–Trinajstić information content (AvgIpc) is 3.45. The third-order valence-corrected chi connectivity index (χ3v) is 7.53. The number of thiophene rings is 1. The van der Waals surface area contributed by atoms with E-state index >= 15 is 0 Å². The Morgan fingerprint density at radius 3 is 2.06 bits per heavy atom. The van der Waals surface area contributed by atoms with Gasteiger partial charge in [-0.05, 0) is 35.4 Å². The van der Waals surface area contributed by atoms with E-state index in [1.54, 1.807) is 11.3 Å². The lowest BCUT2D eigenvalue weighted by molar-refractivity contribution is 0.126. The van der Waals surface area contributed by atoms with Crippen LogP contribution in [0.25, 0.3) is 0 Å². The number of nitrogens with zero attached hydrogens (tertiary/aromatic N) is 3. The summed E-state index contributed by atoms with van der Waals surface area (Å²) in [5.41, 5.74) is 2.56. The van der Waals surface area contributed by atoms with Crippen molar-refractivity contribution in [1.29, 1.82) is 0 Å². The molecular formula is C26H29N3OS. The minimum absolute atomic E-state index is 0.148. The number of carbonyl (C=O) groups excluding carboxylic acids is 1. The summed E-state index contributed by atoms with van der Waals surface area (Å²) in [5, 5.41) is 2.12. The summed E-state index contributed by atoms with van der Waals surface area (Å²) in [6, 6.07) is 26.0. The number of piperidine rings is 1. The largest absolute Gasteiger partial charge is 0.321 e. The van der Waals surface area contributed by atoms with Gasteiger partial charge in [0.1, 0.15) is 0 Å². The molecule has 0 saturated carbocycles. The Morgan fingerprint density at radius 1 is 0.806 bits per heavy atom. The van der Waals surface area contributed by atoms with Gasteiger partial charge in [-0.3, -0.25) is 4.90 Å². The van der Waals surface area contributed by atoms with Gasteiger partial charge in [0.25, 0.3) is 0 Å². The van der Waals surface area contributed by atoms with Crippen LogP contribution in [-0.2, 0) is 13.1 Å². The molecule has 2 amide bonds. The van der Waals surface area contributed by atoms with Crippen LogP contribution in [0.15, 0.2) is 78.2 Å². The van der Waals surface area contributed by atoms with Crippen molar-refractivity contribution >= 4 is 17.4 Å². The van der Waals surface area contributed by atoms with Crippen molar-refractivity contribution in [1.82, 2.24) is 14.7 Å². The van der Waals surface area contributed by atoms with Crippen molar-refractivity contribution in [2.75, 3.05) is 19.6 Å². The predicted octanol–water partition coefficient (Wildman–Crippen LogP) is 5.39. The van der Waals surface area contributed by atoms with Crippen LogP contribution in [0, 0.1) is 0 Å². The monoisotopic (exact) mass is 431 g/mol. The molecule has 5 heteroatoms. The lowest BCUT2D eigenvalue weighted by Crippen LogP contribution is -2.46. The van der Waals surface area contributed by atoms with Crippen LogP contribution in [0.3, 0.4) is 0 Å². The first kappa shape index (κ1) is 20.3. The molecule has 0 aliphatic carbocycles. The van der Waals surface area contributed by atoms with E-state index < -0.39 is 0 Å². The Morgan fingerprint density at radius 2 is 1.45 bits per heavy atom. The maximum atomic E-state index is 13.5. The topological polar surface area (TPSA) is 26.8 Å². The van der Waals surface area contributed by atoms with Crippen molar-refractivity contribution in [3.8, 4) is 0 Å². The van der Waals surface area contributed by atoms with Crippen molar-refractivity contribution in [2.45, 2.75) is 38.0 Å². The van der Waals surface area contributed by atoms with Gasteiger partial charge in [0, 0.05) is 43.6 Å². The van der Waals surface area contributed by atoms with Crippen molar-refractivity contribution in [3.05, 3.63) is 94.2 Å². The summed E-state index contributed by atoms with van der Waals surface area (Å²) in [5.74, 6) is 0. The fraction of sp³-hybridized carbons (Fsp3) is 0.346. The Kier molecular flexibility index (Phi) is 6.05. The lowest BCUT2D eigenvalue weighted by Gasteiger charge is -2.36. The van der Waals surface area contributed by atoms with E-state index in [-0.39, 0.29) is 12.1 Å². The van der Waals surface area contributed by atoms with Gasteiger partial charge in [-0.1, -0.05) is 66.7 Å². The van der Waals surface area contributed by atoms with Crippen LogP contribution < -0.4 is 0 Å². The molecule has 2 fully saturated rings. The standard InChI is InChI=1S/C26H29N3OS/c30-26-28(23-13-15-27(16-14-23)18-21-8-3-1-4-9-21)20-24(25-12-7-17-31-25)29(26)19-22-10-5-2-6-11-22/h1-12,17,23-24H,13-16,18-20H2. The summed E-state index contributed by atoms with van der Waals surface area (Å²) in [7, 11) is 0. The molecule has 2 saturated heterocycles. The molecule has 3 heterocycles. The van der Waals surface area contributed by atoms with Gasteiger partial charge >= 0.3 is 6.03 Å². The van der Waals surface area contributed by atoms with Gasteiger partial charge < -0.3 is 9.80 Å². The van der Waals surface area contributed by atoms with Gasteiger partial charge in [-0.15, -0.1) is 11.3 Å². The van der Waals surface area contributed by atoms with Crippen molar-refractivity contribution < 1.29 is 4.79 Å². The molecule has 0 bridgehead atoms. The fourth-order valence-corrected chi connectivity index (χ4v) is 5.71. The number of urea groups is 1. The van der Waals surface area contributed by atoms with E-state index in [1.807, 2.05) is 6.07 Å². The van der Waals surface area contributed by atoms with E-state index in [4.69, 9.17) is 0 Å². The highest BCUT2D eigenvalue weighted by atomic mass is 32.1. The number of hydrogen-bond donors (Lipinski definition) is 0. The van der Waals surface area contributed by atoms with E-state index in [1.165, 1.54) is 16.0 Å². The minimum atomic E-state index is 0.148. The number of benzene rings is 2. The number of rotatable bonds is 6. The molecule has 2 aromatic carbocycles. The van der Waals surface area contributed by atoms with Crippen molar-refractivity contribution in [3.63, 3.8) is 0 Å². The first-order chi connectivity index (χ1) is 15.3. The van der Waals surface area contributed by atoms with Crippen LogP contribution in [0.5, 0.6) is 0 Å². The molecule has 31 heavy (non-hydrogen) atoms. The molecule has 5 rings (SSSR count). The smallest absolute Gasteiger partial charge is 0.319 e. The zero-order valence-electron chi connectivity index (χ0n) is 17.8. The Labute approximate surface area is 188 Å². The second kappa shape index (κ2) is 9.25. The highest BCUT2D eigenvalue weighted by molar-refractivity contribution is 7.10. The number of likely N-dealkylation sites (tertiary alicyclic amines) is 1. The quantitative estimate of drug-likeness (QED) is 0.523. The Bertz CT molecular complexity index is 968. The maximum Gasteiger partial charge on any atom is 0.321 e. The summed E-state index contributed by atoms with van der Waals surface area (Å²) < 4.78 is 0. The summed E-state index contributed by atoms with van der Waals surface area (Å²) in [6.07, 6.45) is 2.10. The molecule has 4 nitrogen and oxygen atoms in total. The van der Waals surface area contributed by atoms with Crippen LogP contribution in [-0.4, -0.2) is 46.4 Å². The van der Waals surface area contributed by atoms with Gasteiger partial charge in [0.2, 0.25) is 0 Å². The fourth-order valence-electron chi connectivity index (χ4n) is 4.88. The molecule has 160 valence electrons. The molecule has 3 aromatic rings. The Hall–Kier alpha value is -2.63. The normalized spacial score (nSPS) is 20.5.